The lowest BCUT2D eigenvalue weighted by Crippen LogP contribution is -2.58. The molecule has 5 atom stereocenters. The van der Waals surface area contributed by atoms with Gasteiger partial charge in [-0.1, -0.05) is 20.8 Å². The van der Waals surface area contributed by atoms with Gasteiger partial charge in [0.1, 0.15) is 6.04 Å². The van der Waals surface area contributed by atoms with Crippen LogP contribution in [0.5, 0.6) is 0 Å². The number of carbonyl (C=O) groups excluding carboxylic acids is 2. The van der Waals surface area contributed by atoms with Crippen molar-refractivity contribution in [1.82, 2.24) is 19.8 Å². The van der Waals surface area contributed by atoms with Crippen LogP contribution in [0.25, 0.3) is 0 Å². The molecule has 25 heavy (non-hydrogen) atoms. The lowest BCUT2D eigenvalue weighted by molar-refractivity contribution is -0.140. The highest BCUT2D eigenvalue weighted by Crippen LogP contribution is 2.34. The number of carbonyl (C=O) groups is 2. The molecular weight excluding hydrogens is 340 g/mol. The van der Waals surface area contributed by atoms with Crippen molar-refractivity contribution in [2.45, 2.75) is 64.7 Å². The average molecular weight is 373 g/mol. The Kier molecular flexibility index (Phi) is 6.27. The third-order valence-electron chi connectivity index (χ3n) is 5.36. The van der Waals surface area contributed by atoms with Crippen LogP contribution in [0.2, 0.25) is 0 Å². The van der Waals surface area contributed by atoms with Crippen LogP contribution in [-0.4, -0.2) is 75.8 Å². The van der Waals surface area contributed by atoms with Gasteiger partial charge in [-0.05, 0) is 32.2 Å². The van der Waals surface area contributed by atoms with E-state index in [-0.39, 0.29) is 35.4 Å². The van der Waals surface area contributed by atoms with Gasteiger partial charge in [-0.2, -0.15) is 0 Å². The highest BCUT2D eigenvalue weighted by atomic mass is 32.2. The van der Waals surface area contributed by atoms with Crippen molar-refractivity contribution in [3.63, 3.8) is 0 Å². The quantitative estimate of drug-likeness (QED) is 0.717. The molecule has 2 heterocycles. The second kappa shape index (κ2) is 7.72. The van der Waals surface area contributed by atoms with E-state index in [0.717, 1.165) is 19.4 Å². The van der Waals surface area contributed by atoms with Crippen LogP contribution in [0.1, 0.15) is 40.5 Å². The number of amides is 2. The topological polar surface area (TPSA) is 81.8 Å². The zero-order valence-electron chi connectivity index (χ0n) is 16.2. The molecule has 0 aromatic heterocycles. The lowest BCUT2D eigenvalue weighted by atomic mass is 9.85. The third-order valence-corrected chi connectivity index (χ3v) is 6.48. The second-order valence-electron chi connectivity index (χ2n) is 8.13. The Labute approximate surface area is 153 Å². The van der Waals surface area contributed by atoms with Crippen LogP contribution in [-0.2, 0) is 20.6 Å². The SMILES string of the molecule is CN[C@@H](C)C(=O)NC(C(=O)N1CCC2C1CCN2S(C)=O)C(C)(C)C. The summed E-state index contributed by atoms with van der Waals surface area (Å²) in [5.41, 5.74) is -0.385. The Hall–Kier alpha value is -0.990. The van der Waals surface area contributed by atoms with Crippen molar-refractivity contribution >= 4 is 22.8 Å². The van der Waals surface area contributed by atoms with Gasteiger partial charge in [0, 0.05) is 31.4 Å². The summed E-state index contributed by atoms with van der Waals surface area (Å²) < 4.78 is 13.9. The van der Waals surface area contributed by atoms with Gasteiger partial charge in [-0.3, -0.25) is 9.59 Å². The molecular formula is C17H32N4O3S. The van der Waals surface area contributed by atoms with Crippen molar-refractivity contribution in [3.05, 3.63) is 0 Å². The molecule has 2 N–H and O–H groups in total. The largest absolute Gasteiger partial charge is 0.342 e. The predicted molar refractivity (Wildman–Crippen MR) is 99.2 cm³/mol. The van der Waals surface area contributed by atoms with E-state index in [1.54, 1.807) is 20.2 Å². The van der Waals surface area contributed by atoms with Crippen LogP contribution in [0, 0.1) is 5.41 Å². The first-order valence-electron chi connectivity index (χ1n) is 8.96. The summed E-state index contributed by atoms with van der Waals surface area (Å²) in [4.78, 5) is 27.5. The van der Waals surface area contributed by atoms with Gasteiger partial charge in [0.2, 0.25) is 11.8 Å². The molecule has 2 fully saturated rings. The fourth-order valence-corrected chi connectivity index (χ4v) is 4.74. The molecule has 2 rings (SSSR count). The molecule has 8 heteroatoms. The molecule has 4 unspecified atom stereocenters. The normalized spacial score (nSPS) is 27.7. The van der Waals surface area contributed by atoms with E-state index in [2.05, 4.69) is 10.6 Å². The number of likely N-dealkylation sites (tertiary alicyclic amines) is 1. The minimum atomic E-state index is -1.01. The Balaban J connectivity index is 2.15. The number of hydrogen-bond acceptors (Lipinski definition) is 4. The van der Waals surface area contributed by atoms with E-state index in [1.165, 1.54) is 0 Å². The van der Waals surface area contributed by atoms with Gasteiger partial charge in [0.15, 0.2) is 0 Å². The first-order chi connectivity index (χ1) is 11.6. The summed E-state index contributed by atoms with van der Waals surface area (Å²) in [5.74, 6) is -0.199. The molecule has 144 valence electrons. The third kappa shape index (κ3) is 4.23. The number of likely N-dealkylation sites (N-methyl/N-ethyl adjacent to an activating group) is 1. The standard InChI is InChI=1S/C17H32N4O3S/c1-11(18-5)15(22)19-14(17(2,3)4)16(23)20-9-7-13-12(20)8-10-21(13)25(6)24/h11-14,18H,7-10H2,1-6H3,(H,19,22)/t11-,12?,13?,14?,25?/m0/s1. The fourth-order valence-electron chi connectivity index (χ4n) is 3.75. The predicted octanol–water partition coefficient (Wildman–Crippen LogP) is 0.0939. The van der Waals surface area contributed by atoms with Crippen LogP contribution >= 0.6 is 0 Å². The van der Waals surface area contributed by atoms with E-state index in [0.29, 0.717) is 6.54 Å². The van der Waals surface area contributed by atoms with Crippen LogP contribution in [0.3, 0.4) is 0 Å². The molecule has 0 saturated carbocycles. The van der Waals surface area contributed by atoms with Gasteiger partial charge in [-0.15, -0.1) is 0 Å². The van der Waals surface area contributed by atoms with Crippen molar-refractivity contribution in [2.24, 2.45) is 5.41 Å². The van der Waals surface area contributed by atoms with E-state index < -0.39 is 17.0 Å². The fraction of sp³-hybridized carbons (Fsp3) is 0.882. The van der Waals surface area contributed by atoms with Crippen molar-refractivity contribution in [3.8, 4) is 0 Å². The van der Waals surface area contributed by atoms with Crippen molar-refractivity contribution < 1.29 is 13.8 Å². The Bertz CT molecular complexity index is 549. The zero-order valence-corrected chi connectivity index (χ0v) is 17.0. The molecule has 2 aliphatic rings. The summed E-state index contributed by atoms with van der Waals surface area (Å²) in [6, 6.07) is -0.661. The maximum atomic E-state index is 13.3. The number of rotatable bonds is 5. The Morgan fingerprint density at radius 3 is 2.28 bits per heavy atom. The molecule has 0 aromatic rings. The maximum Gasteiger partial charge on any atom is 0.245 e. The van der Waals surface area contributed by atoms with Gasteiger partial charge in [0.05, 0.1) is 17.0 Å². The number of hydrogen-bond donors (Lipinski definition) is 2. The molecule has 2 amide bonds. The number of nitrogens with zero attached hydrogens (tertiary/aromatic N) is 2. The van der Waals surface area contributed by atoms with E-state index in [1.807, 2.05) is 30.0 Å². The van der Waals surface area contributed by atoms with Crippen LogP contribution in [0.4, 0.5) is 0 Å². The summed E-state index contributed by atoms with van der Waals surface area (Å²) in [6.45, 7) is 9.09. The Morgan fingerprint density at radius 2 is 1.76 bits per heavy atom. The molecule has 0 radical (unpaired) electrons. The molecule has 7 nitrogen and oxygen atoms in total. The first-order valence-corrected chi connectivity index (χ1v) is 10.5. The van der Waals surface area contributed by atoms with Crippen molar-refractivity contribution in [2.75, 3.05) is 26.4 Å². The van der Waals surface area contributed by atoms with Gasteiger partial charge in [-0.25, -0.2) is 8.51 Å². The molecule has 0 aromatic carbocycles. The summed E-state index contributed by atoms with van der Waals surface area (Å²) in [5, 5.41) is 5.84. The summed E-state index contributed by atoms with van der Waals surface area (Å²) in [6.07, 6.45) is 3.38. The van der Waals surface area contributed by atoms with Crippen LogP contribution < -0.4 is 10.6 Å². The van der Waals surface area contributed by atoms with E-state index in [4.69, 9.17) is 0 Å². The smallest absolute Gasteiger partial charge is 0.245 e. The molecule has 0 spiro atoms. The lowest BCUT2D eigenvalue weighted by Gasteiger charge is -2.36. The zero-order chi connectivity index (χ0) is 18.9. The number of nitrogens with one attached hydrogen (secondary N) is 2. The summed E-state index contributed by atoms with van der Waals surface area (Å²) >= 11 is 0. The molecule has 2 saturated heterocycles. The van der Waals surface area contributed by atoms with Gasteiger partial charge in [0.25, 0.3) is 0 Å². The first kappa shape index (κ1) is 20.3. The van der Waals surface area contributed by atoms with Crippen LogP contribution in [0.15, 0.2) is 0 Å². The van der Waals surface area contributed by atoms with E-state index >= 15 is 0 Å². The maximum absolute atomic E-state index is 13.3. The van der Waals surface area contributed by atoms with E-state index in [9.17, 15) is 13.8 Å². The van der Waals surface area contributed by atoms with Gasteiger partial charge >= 0.3 is 0 Å². The monoisotopic (exact) mass is 372 g/mol. The highest BCUT2D eigenvalue weighted by Gasteiger charge is 2.48. The molecule has 2 aliphatic heterocycles. The minimum Gasteiger partial charge on any atom is -0.342 e. The molecule has 0 bridgehead atoms. The minimum absolute atomic E-state index is 0.0274. The highest BCUT2D eigenvalue weighted by molar-refractivity contribution is 7.81. The molecule has 0 aliphatic carbocycles. The average Bonchev–Trinajstić information content (AvgIpc) is 3.10. The summed E-state index contributed by atoms with van der Waals surface area (Å²) in [7, 11) is 0.717. The van der Waals surface area contributed by atoms with Gasteiger partial charge < -0.3 is 15.5 Å². The number of fused-ring (bicyclic) bond motifs is 1. The second-order valence-corrected chi connectivity index (χ2v) is 9.44. The Morgan fingerprint density at radius 1 is 1.16 bits per heavy atom. The van der Waals surface area contributed by atoms with Crippen molar-refractivity contribution in [1.29, 1.82) is 0 Å².